The summed E-state index contributed by atoms with van der Waals surface area (Å²) in [6.45, 7) is 9.07. The highest BCUT2D eigenvalue weighted by Gasteiger charge is 2.16. The number of hydrogen-bond donors (Lipinski definition) is 2. The Labute approximate surface area is 151 Å². The third kappa shape index (κ3) is 6.44. The van der Waals surface area contributed by atoms with Crippen molar-refractivity contribution in [3.63, 3.8) is 0 Å². The minimum Gasteiger partial charge on any atom is -0.356 e. The Hall–Kier alpha value is -1.07. The quantitative estimate of drug-likeness (QED) is 0.427. The van der Waals surface area contributed by atoms with Gasteiger partial charge in [-0.05, 0) is 74.0 Å². The topological polar surface area (TPSA) is 39.7 Å². The number of piperidine rings is 1. The lowest BCUT2D eigenvalue weighted by Gasteiger charge is -2.33. The summed E-state index contributed by atoms with van der Waals surface area (Å²) in [5.41, 5.74) is 1.40. The standard InChI is InChI=1S/C19H34N4S/c1-16(18-9-13-24-15-18)14-22-19(20-3)21-10-5-7-12-23-11-6-4-8-17(23)2/h9,13,15-17H,4-8,10-12,14H2,1-3H3,(H2,20,21,22). The molecule has 0 spiro atoms. The summed E-state index contributed by atoms with van der Waals surface area (Å²) < 4.78 is 0. The van der Waals surface area contributed by atoms with E-state index < -0.39 is 0 Å². The summed E-state index contributed by atoms with van der Waals surface area (Å²) in [5, 5.41) is 11.2. The molecule has 1 saturated heterocycles. The van der Waals surface area contributed by atoms with Crippen LogP contribution >= 0.6 is 11.3 Å². The molecular weight excluding hydrogens is 316 g/mol. The van der Waals surface area contributed by atoms with Gasteiger partial charge < -0.3 is 15.5 Å². The van der Waals surface area contributed by atoms with E-state index in [1.807, 2.05) is 7.05 Å². The summed E-state index contributed by atoms with van der Waals surface area (Å²) in [5.74, 6) is 1.43. The molecule has 1 aromatic rings. The molecular formula is C19H34N4S. The lowest BCUT2D eigenvalue weighted by atomic mass is 10.0. The normalized spacial score (nSPS) is 20.8. The Morgan fingerprint density at radius 1 is 1.38 bits per heavy atom. The van der Waals surface area contributed by atoms with Crippen LogP contribution < -0.4 is 10.6 Å². The van der Waals surface area contributed by atoms with Gasteiger partial charge in [0.15, 0.2) is 5.96 Å². The molecule has 24 heavy (non-hydrogen) atoms. The minimum atomic E-state index is 0.510. The molecule has 0 bridgehead atoms. The molecule has 2 N–H and O–H groups in total. The number of likely N-dealkylation sites (tertiary alicyclic amines) is 1. The highest BCUT2D eigenvalue weighted by molar-refractivity contribution is 7.07. The number of rotatable bonds is 8. The largest absolute Gasteiger partial charge is 0.356 e. The van der Waals surface area contributed by atoms with Crippen molar-refractivity contribution in [1.82, 2.24) is 15.5 Å². The average Bonchev–Trinajstić information content (AvgIpc) is 3.13. The van der Waals surface area contributed by atoms with Crippen molar-refractivity contribution in [2.45, 2.75) is 57.9 Å². The third-order valence-corrected chi connectivity index (χ3v) is 5.72. The fourth-order valence-corrected chi connectivity index (χ4v) is 4.06. The predicted octanol–water partition coefficient (Wildman–Crippen LogP) is 3.67. The SMILES string of the molecule is CN=C(NCCCCN1CCCCC1C)NCC(C)c1ccsc1. The Morgan fingerprint density at radius 2 is 2.25 bits per heavy atom. The zero-order chi connectivity index (χ0) is 17.2. The van der Waals surface area contributed by atoms with Crippen molar-refractivity contribution in [3.8, 4) is 0 Å². The van der Waals surface area contributed by atoms with Crippen LogP contribution in [-0.2, 0) is 0 Å². The van der Waals surface area contributed by atoms with Gasteiger partial charge in [-0.25, -0.2) is 0 Å². The number of nitrogens with zero attached hydrogens (tertiary/aromatic N) is 2. The van der Waals surface area contributed by atoms with E-state index in [1.54, 1.807) is 11.3 Å². The molecule has 0 aromatic carbocycles. The Balaban J connectivity index is 1.56. The van der Waals surface area contributed by atoms with Crippen LogP contribution in [0.1, 0.15) is 57.4 Å². The van der Waals surface area contributed by atoms with Crippen molar-refractivity contribution in [2.24, 2.45) is 4.99 Å². The van der Waals surface area contributed by atoms with Crippen molar-refractivity contribution < 1.29 is 0 Å². The summed E-state index contributed by atoms with van der Waals surface area (Å²) in [6, 6.07) is 2.98. The zero-order valence-corrected chi connectivity index (χ0v) is 16.4. The van der Waals surface area contributed by atoms with Gasteiger partial charge in [-0.15, -0.1) is 0 Å². The molecule has 0 amide bonds. The summed E-state index contributed by atoms with van der Waals surface area (Å²) >= 11 is 1.76. The molecule has 2 unspecified atom stereocenters. The molecule has 1 aromatic heterocycles. The smallest absolute Gasteiger partial charge is 0.190 e. The van der Waals surface area contributed by atoms with Crippen LogP contribution in [0.25, 0.3) is 0 Å². The van der Waals surface area contributed by atoms with Gasteiger partial charge in [0.1, 0.15) is 0 Å². The molecule has 2 atom stereocenters. The summed E-state index contributed by atoms with van der Waals surface area (Å²) in [4.78, 5) is 6.98. The first-order valence-corrected chi connectivity index (χ1v) is 10.4. The van der Waals surface area contributed by atoms with Crippen LogP contribution in [-0.4, -0.2) is 50.1 Å². The lowest BCUT2D eigenvalue weighted by Crippen LogP contribution is -2.40. The number of nitrogens with one attached hydrogen (secondary N) is 2. The van der Waals surface area contributed by atoms with Gasteiger partial charge in [0.25, 0.3) is 0 Å². The molecule has 2 rings (SSSR count). The van der Waals surface area contributed by atoms with E-state index >= 15 is 0 Å². The molecule has 1 aliphatic heterocycles. The molecule has 4 nitrogen and oxygen atoms in total. The Bertz CT molecular complexity index is 472. The average molecular weight is 351 g/mol. The van der Waals surface area contributed by atoms with Crippen LogP contribution in [0.5, 0.6) is 0 Å². The molecule has 1 aliphatic rings. The van der Waals surface area contributed by atoms with E-state index in [0.29, 0.717) is 5.92 Å². The molecule has 136 valence electrons. The summed E-state index contributed by atoms with van der Waals surface area (Å²) in [7, 11) is 1.85. The number of unbranched alkanes of at least 4 members (excludes halogenated alkanes) is 1. The van der Waals surface area contributed by atoms with Gasteiger partial charge in [0.05, 0.1) is 0 Å². The van der Waals surface area contributed by atoms with Crippen molar-refractivity contribution >= 4 is 17.3 Å². The summed E-state index contributed by atoms with van der Waals surface area (Å²) in [6.07, 6.45) is 6.62. The van der Waals surface area contributed by atoms with Crippen LogP contribution in [0.4, 0.5) is 0 Å². The van der Waals surface area contributed by atoms with Crippen molar-refractivity contribution in [1.29, 1.82) is 0 Å². The number of thiophene rings is 1. The Morgan fingerprint density at radius 3 is 2.96 bits per heavy atom. The van der Waals surface area contributed by atoms with E-state index in [4.69, 9.17) is 0 Å². The molecule has 0 radical (unpaired) electrons. The molecule has 0 aliphatic carbocycles. The predicted molar refractivity (Wildman–Crippen MR) is 106 cm³/mol. The molecule has 5 heteroatoms. The van der Waals surface area contributed by atoms with E-state index in [-0.39, 0.29) is 0 Å². The van der Waals surface area contributed by atoms with Crippen LogP contribution in [0, 0.1) is 0 Å². The second-order valence-corrected chi connectivity index (χ2v) is 7.71. The van der Waals surface area contributed by atoms with Gasteiger partial charge in [0.2, 0.25) is 0 Å². The van der Waals surface area contributed by atoms with Crippen LogP contribution in [0.3, 0.4) is 0 Å². The Kier molecular flexibility index (Phi) is 8.60. The maximum atomic E-state index is 4.33. The fourth-order valence-electron chi connectivity index (χ4n) is 3.28. The number of hydrogen-bond acceptors (Lipinski definition) is 3. The monoisotopic (exact) mass is 350 g/mol. The highest BCUT2D eigenvalue weighted by atomic mass is 32.1. The highest BCUT2D eigenvalue weighted by Crippen LogP contribution is 2.17. The van der Waals surface area contributed by atoms with Gasteiger partial charge >= 0.3 is 0 Å². The minimum absolute atomic E-state index is 0.510. The maximum absolute atomic E-state index is 4.33. The van der Waals surface area contributed by atoms with Crippen LogP contribution in [0.2, 0.25) is 0 Å². The van der Waals surface area contributed by atoms with E-state index in [1.165, 1.54) is 50.8 Å². The first kappa shape index (κ1) is 19.3. The fraction of sp³-hybridized carbons (Fsp3) is 0.737. The van der Waals surface area contributed by atoms with E-state index in [0.717, 1.165) is 25.1 Å². The van der Waals surface area contributed by atoms with E-state index in [9.17, 15) is 0 Å². The first-order valence-electron chi connectivity index (χ1n) is 9.41. The third-order valence-electron chi connectivity index (χ3n) is 5.02. The molecule has 2 heterocycles. The second-order valence-electron chi connectivity index (χ2n) is 6.93. The first-order chi connectivity index (χ1) is 11.7. The zero-order valence-electron chi connectivity index (χ0n) is 15.6. The van der Waals surface area contributed by atoms with Gasteiger partial charge in [0, 0.05) is 26.2 Å². The van der Waals surface area contributed by atoms with E-state index in [2.05, 4.69) is 51.2 Å². The molecule has 0 saturated carbocycles. The maximum Gasteiger partial charge on any atom is 0.190 e. The van der Waals surface area contributed by atoms with Gasteiger partial charge in [-0.1, -0.05) is 13.3 Å². The van der Waals surface area contributed by atoms with Crippen molar-refractivity contribution in [3.05, 3.63) is 22.4 Å². The number of guanidine groups is 1. The lowest BCUT2D eigenvalue weighted by molar-refractivity contribution is 0.158. The van der Waals surface area contributed by atoms with Gasteiger partial charge in [-0.3, -0.25) is 4.99 Å². The van der Waals surface area contributed by atoms with Crippen molar-refractivity contribution in [2.75, 3.05) is 33.2 Å². The van der Waals surface area contributed by atoms with Crippen LogP contribution in [0.15, 0.2) is 21.8 Å². The number of aliphatic imine (C=N–C) groups is 1. The van der Waals surface area contributed by atoms with Gasteiger partial charge in [-0.2, -0.15) is 11.3 Å². The molecule has 1 fully saturated rings. The second kappa shape index (κ2) is 10.7.